The van der Waals surface area contributed by atoms with Gasteiger partial charge in [0.15, 0.2) is 5.16 Å². The monoisotopic (exact) mass is 152 g/mol. The molecule has 2 nitrogen and oxygen atoms in total. The van der Waals surface area contributed by atoms with E-state index in [-0.39, 0.29) is 0 Å². The first-order chi connectivity index (χ1) is 4.86. The van der Waals surface area contributed by atoms with Gasteiger partial charge in [0.1, 0.15) is 0 Å². The van der Waals surface area contributed by atoms with Gasteiger partial charge in [0, 0.05) is 0 Å². The van der Waals surface area contributed by atoms with Crippen molar-refractivity contribution in [1.82, 2.24) is 9.97 Å². The zero-order valence-corrected chi connectivity index (χ0v) is 6.36. The third kappa shape index (κ3) is 0.865. The maximum absolute atomic E-state index is 4.17. The molecule has 3 heteroatoms. The first kappa shape index (κ1) is 6.04. The molecular weight excluding hydrogens is 144 g/mol. The van der Waals surface area contributed by atoms with E-state index in [2.05, 4.69) is 34.7 Å². The van der Waals surface area contributed by atoms with Gasteiger partial charge in [-0.15, -0.1) is 12.6 Å². The lowest BCUT2D eigenvalue weighted by Crippen LogP contribution is -2.26. The summed E-state index contributed by atoms with van der Waals surface area (Å²) >= 11 is 4.10. The Labute approximate surface area is 64.1 Å². The zero-order valence-electron chi connectivity index (χ0n) is 5.46. The fourth-order valence-electron chi connectivity index (χ4n) is 1.15. The molecule has 1 heterocycles. The molecule has 1 N–H and O–H groups in total. The van der Waals surface area contributed by atoms with Crippen molar-refractivity contribution in [3.05, 3.63) is 10.7 Å². The van der Waals surface area contributed by atoms with Crippen molar-refractivity contribution in [3.8, 4) is 0 Å². The zero-order chi connectivity index (χ0) is 6.97. The van der Waals surface area contributed by atoms with Crippen LogP contribution in [0.4, 0.5) is 0 Å². The lowest BCUT2D eigenvalue weighted by Gasteiger charge is -1.89. The quantitative estimate of drug-likeness (QED) is 0.505. The average molecular weight is 152 g/mol. The lowest BCUT2D eigenvalue weighted by molar-refractivity contribution is 1.05. The van der Waals surface area contributed by atoms with Crippen LogP contribution in [0.2, 0.25) is 0 Å². The van der Waals surface area contributed by atoms with E-state index in [1.54, 1.807) is 0 Å². The van der Waals surface area contributed by atoms with Gasteiger partial charge in [0.2, 0.25) is 0 Å². The van der Waals surface area contributed by atoms with Crippen LogP contribution >= 0.6 is 12.6 Å². The van der Waals surface area contributed by atoms with Gasteiger partial charge < -0.3 is 4.98 Å². The molecule has 0 radical (unpaired) electrons. The summed E-state index contributed by atoms with van der Waals surface area (Å²) < 4.78 is 0. The number of nitrogens with zero attached hydrogens (tertiary/aromatic N) is 1. The topological polar surface area (TPSA) is 28.7 Å². The second-order valence-corrected chi connectivity index (χ2v) is 2.77. The van der Waals surface area contributed by atoms with E-state index in [9.17, 15) is 0 Å². The third-order valence-electron chi connectivity index (χ3n) is 1.60. The molecule has 10 heavy (non-hydrogen) atoms. The Bertz CT molecular complexity index is 317. The molecule has 0 bridgehead atoms. The summed E-state index contributed by atoms with van der Waals surface area (Å²) in [6.45, 7) is 0. The van der Waals surface area contributed by atoms with Gasteiger partial charge in [-0.25, -0.2) is 4.98 Å². The van der Waals surface area contributed by atoms with Gasteiger partial charge in [-0.05, 0) is 12.8 Å². The molecule has 0 fully saturated rings. The van der Waals surface area contributed by atoms with Crippen LogP contribution in [-0.2, 0) is 0 Å². The van der Waals surface area contributed by atoms with Gasteiger partial charge in [-0.1, -0.05) is 12.2 Å². The Morgan fingerprint density at radius 2 is 2.20 bits per heavy atom. The number of hydrogen-bond acceptors (Lipinski definition) is 2. The summed E-state index contributed by atoms with van der Waals surface area (Å²) in [5, 5.41) is 2.88. The highest BCUT2D eigenvalue weighted by atomic mass is 32.1. The summed E-state index contributed by atoms with van der Waals surface area (Å²) in [4.78, 5) is 7.24. The number of aromatic nitrogens is 2. The van der Waals surface area contributed by atoms with E-state index in [1.807, 2.05) is 0 Å². The highest BCUT2D eigenvalue weighted by Crippen LogP contribution is 1.95. The molecule has 1 aromatic rings. The van der Waals surface area contributed by atoms with Crippen LogP contribution in [-0.4, -0.2) is 9.97 Å². The highest BCUT2D eigenvalue weighted by molar-refractivity contribution is 7.80. The Hall–Kier alpha value is -0.700. The number of H-pyrrole nitrogens is 1. The van der Waals surface area contributed by atoms with Crippen LogP contribution < -0.4 is 10.7 Å². The van der Waals surface area contributed by atoms with Gasteiger partial charge in [-0.3, -0.25) is 0 Å². The van der Waals surface area contributed by atoms with Crippen LogP contribution in [0.15, 0.2) is 5.16 Å². The van der Waals surface area contributed by atoms with Crippen molar-refractivity contribution in [2.75, 3.05) is 0 Å². The fraction of sp³-hybridized carbons (Fsp3) is 0.286. The Kier molecular flexibility index (Phi) is 1.31. The van der Waals surface area contributed by atoms with Crippen molar-refractivity contribution in [3.63, 3.8) is 0 Å². The van der Waals surface area contributed by atoms with E-state index in [4.69, 9.17) is 0 Å². The minimum atomic E-state index is 0.708. The number of hydrogen-bond donors (Lipinski definition) is 2. The van der Waals surface area contributed by atoms with Crippen LogP contribution in [0.1, 0.15) is 12.8 Å². The molecule has 0 saturated carbocycles. The van der Waals surface area contributed by atoms with Crippen LogP contribution in [0.5, 0.6) is 0 Å². The lowest BCUT2D eigenvalue weighted by atomic mass is 10.2. The summed E-state index contributed by atoms with van der Waals surface area (Å²) in [5.74, 6) is 0. The molecule has 0 aromatic carbocycles. The van der Waals surface area contributed by atoms with E-state index >= 15 is 0 Å². The third-order valence-corrected chi connectivity index (χ3v) is 1.81. The average Bonchev–Trinajstić information content (AvgIpc) is 2.27. The summed E-state index contributed by atoms with van der Waals surface area (Å²) in [5.41, 5.74) is 0. The normalized spacial score (nSPS) is 15.3. The molecule has 1 aliphatic rings. The van der Waals surface area contributed by atoms with Gasteiger partial charge in [0.25, 0.3) is 0 Å². The molecule has 0 atom stereocenters. The van der Waals surface area contributed by atoms with Crippen molar-refractivity contribution in [1.29, 1.82) is 0 Å². The fourth-order valence-corrected chi connectivity index (χ4v) is 1.37. The second-order valence-electron chi connectivity index (χ2n) is 2.34. The maximum atomic E-state index is 4.17. The minimum absolute atomic E-state index is 0.708. The highest BCUT2D eigenvalue weighted by Gasteiger charge is 1.96. The Morgan fingerprint density at radius 3 is 3.00 bits per heavy atom. The number of fused-ring (bicyclic) bond motifs is 1. The molecule has 0 unspecified atom stereocenters. The molecule has 1 aliphatic carbocycles. The molecule has 2 rings (SSSR count). The van der Waals surface area contributed by atoms with E-state index in [0.717, 1.165) is 23.5 Å². The first-order valence-corrected chi connectivity index (χ1v) is 3.76. The van der Waals surface area contributed by atoms with Crippen molar-refractivity contribution in [2.45, 2.75) is 18.0 Å². The van der Waals surface area contributed by atoms with Gasteiger partial charge in [0.05, 0.1) is 10.7 Å². The largest absolute Gasteiger partial charge is 0.333 e. The first-order valence-electron chi connectivity index (χ1n) is 3.31. The van der Waals surface area contributed by atoms with Crippen molar-refractivity contribution < 1.29 is 0 Å². The molecule has 0 spiro atoms. The Morgan fingerprint density at radius 1 is 1.40 bits per heavy atom. The van der Waals surface area contributed by atoms with E-state index < -0.39 is 0 Å². The summed E-state index contributed by atoms with van der Waals surface area (Å²) in [7, 11) is 0. The number of rotatable bonds is 0. The standard InChI is InChI=1S/C7H8N2S/c10-7-8-5-3-1-2-4-6(5)9-7/h3-4H,1-2H2,(H2,8,9,10). The van der Waals surface area contributed by atoms with Crippen molar-refractivity contribution in [2.24, 2.45) is 0 Å². The Balaban J connectivity index is 2.83. The second kappa shape index (κ2) is 2.16. The maximum Gasteiger partial charge on any atom is 0.163 e. The molecule has 0 amide bonds. The predicted octanol–water partition coefficient (Wildman–Crippen LogP) is 0.0532. The van der Waals surface area contributed by atoms with Gasteiger partial charge in [-0.2, -0.15) is 0 Å². The molecule has 1 aromatic heterocycles. The SMILES string of the molecule is Sc1nc2c([nH]1)=CCCC=2. The minimum Gasteiger partial charge on any atom is -0.333 e. The predicted molar refractivity (Wildman–Crippen MR) is 43.3 cm³/mol. The number of imidazole rings is 1. The van der Waals surface area contributed by atoms with Gasteiger partial charge >= 0.3 is 0 Å². The van der Waals surface area contributed by atoms with E-state index in [0.29, 0.717) is 5.16 Å². The number of aromatic amines is 1. The van der Waals surface area contributed by atoms with Crippen LogP contribution in [0, 0.1) is 0 Å². The number of nitrogens with one attached hydrogen (secondary N) is 1. The molecule has 0 saturated heterocycles. The number of thiol groups is 1. The summed E-state index contributed by atoms with van der Waals surface area (Å²) in [6, 6.07) is 0. The van der Waals surface area contributed by atoms with Crippen LogP contribution in [0.3, 0.4) is 0 Å². The smallest absolute Gasteiger partial charge is 0.163 e. The van der Waals surface area contributed by atoms with Crippen LogP contribution in [0.25, 0.3) is 12.2 Å². The summed E-state index contributed by atoms with van der Waals surface area (Å²) in [6.07, 6.45) is 6.50. The molecule has 0 aliphatic heterocycles. The molecule has 52 valence electrons. The van der Waals surface area contributed by atoms with E-state index in [1.165, 1.54) is 0 Å². The van der Waals surface area contributed by atoms with Crippen molar-refractivity contribution >= 4 is 24.8 Å². The molecular formula is C7H8N2S.